The van der Waals surface area contributed by atoms with Crippen LogP contribution in [0, 0.1) is 0 Å². The number of alkyl halides is 6. The molecule has 0 bridgehead atoms. The van der Waals surface area contributed by atoms with Crippen LogP contribution in [0.2, 0.25) is 20.1 Å². The van der Waals surface area contributed by atoms with Crippen LogP contribution in [-0.2, 0) is 39.7 Å². The van der Waals surface area contributed by atoms with Gasteiger partial charge in [0.2, 0.25) is 0 Å². The van der Waals surface area contributed by atoms with Gasteiger partial charge in [0.1, 0.15) is 0 Å². The Hall–Kier alpha value is -2.30. The zero-order chi connectivity index (χ0) is 33.9. The molecule has 4 N–H and O–H groups in total. The standard InChI is InChI=1S/2C10H6Cl2N2.2CHF3O3S.2H2O.Ru/c2*11-7-1-3-13-9(5-7)10-6-8(12)2-4-14-10;2*2-1(3,4)8(5,6)7;;;/h2*1-6H;2*(H,5,6,7);2*1H2;/q;;;;;;+2/p-2. The number of aromatic nitrogens is 4. The number of hydrogen-bond acceptors (Lipinski definition) is 10. The van der Waals surface area contributed by atoms with Crippen LogP contribution >= 0.6 is 46.4 Å². The second kappa shape index (κ2) is 20.9. The molecule has 4 heterocycles. The molecule has 0 unspecified atom stereocenters. The summed E-state index contributed by atoms with van der Waals surface area (Å²) in [7, 11) is -12.2. The average Bonchev–Trinajstić information content (AvgIpc) is 2.88. The quantitative estimate of drug-likeness (QED) is 0.108. The first kappa shape index (κ1) is 49.1. The zero-order valence-electron chi connectivity index (χ0n) is 22.1. The Morgan fingerprint density at radius 2 is 0.638 bits per heavy atom. The van der Waals surface area contributed by atoms with E-state index in [2.05, 4.69) is 19.9 Å². The van der Waals surface area contributed by atoms with Crippen molar-refractivity contribution in [3.63, 3.8) is 0 Å². The Morgan fingerprint density at radius 1 is 0.489 bits per heavy atom. The Kier molecular flexibility index (Phi) is 21.9. The van der Waals surface area contributed by atoms with Gasteiger partial charge < -0.3 is 20.1 Å². The zero-order valence-corrected chi connectivity index (χ0v) is 28.5. The van der Waals surface area contributed by atoms with Crippen molar-refractivity contribution in [2.24, 2.45) is 0 Å². The van der Waals surface area contributed by atoms with E-state index in [0.29, 0.717) is 20.1 Å². The molecule has 4 aromatic rings. The summed E-state index contributed by atoms with van der Waals surface area (Å²) in [6.45, 7) is 0. The third kappa shape index (κ3) is 18.7. The normalized spacial score (nSPS) is 10.8. The molecule has 12 nitrogen and oxygen atoms in total. The van der Waals surface area contributed by atoms with Gasteiger partial charge in [-0.3, -0.25) is 19.9 Å². The minimum absolute atomic E-state index is 0. The summed E-state index contributed by atoms with van der Waals surface area (Å²) in [6, 6.07) is 13.9. The van der Waals surface area contributed by atoms with Gasteiger partial charge in [-0.2, -0.15) is 26.3 Å². The van der Waals surface area contributed by atoms with Gasteiger partial charge in [-0.15, -0.1) is 0 Å². The van der Waals surface area contributed by atoms with E-state index >= 15 is 0 Å². The fraction of sp³-hybridized carbons (Fsp3) is 0.0909. The summed E-state index contributed by atoms with van der Waals surface area (Å²) in [5, 5.41) is 2.54. The van der Waals surface area contributed by atoms with Crippen LogP contribution in [0.4, 0.5) is 26.3 Å². The van der Waals surface area contributed by atoms with E-state index in [9.17, 15) is 26.3 Å². The summed E-state index contributed by atoms with van der Waals surface area (Å²) in [6.07, 6.45) is 6.56. The average molecular weight is 885 g/mol. The van der Waals surface area contributed by atoms with Crippen LogP contribution in [0.1, 0.15) is 0 Å². The molecule has 0 saturated heterocycles. The van der Waals surface area contributed by atoms with Crippen molar-refractivity contribution in [3.05, 3.63) is 93.4 Å². The van der Waals surface area contributed by atoms with Crippen molar-refractivity contribution in [2.45, 2.75) is 11.0 Å². The van der Waals surface area contributed by atoms with Gasteiger partial charge in [-0.1, -0.05) is 46.4 Å². The van der Waals surface area contributed by atoms with Crippen molar-refractivity contribution < 1.29 is 82.7 Å². The molecular formula is C22H16Cl4F6N4O8RuS2. The molecule has 0 fully saturated rings. The smallest absolute Gasteiger partial charge is 0.741 e. The van der Waals surface area contributed by atoms with E-state index in [1.165, 1.54) is 0 Å². The molecule has 0 spiro atoms. The molecule has 0 atom stereocenters. The summed E-state index contributed by atoms with van der Waals surface area (Å²) in [5.74, 6) is 0. The molecule has 25 heteroatoms. The molecule has 0 radical (unpaired) electrons. The maximum Gasteiger partial charge on any atom is 2.00 e. The number of hydrogen-bond donors (Lipinski definition) is 0. The minimum atomic E-state index is -6.09. The third-order valence-electron chi connectivity index (χ3n) is 3.98. The van der Waals surface area contributed by atoms with E-state index in [4.69, 9.17) is 72.3 Å². The molecule has 0 aromatic carbocycles. The van der Waals surface area contributed by atoms with Gasteiger partial charge in [0.05, 0.1) is 22.8 Å². The van der Waals surface area contributed by atoms with Crippen molar-refractivity contribution in [1.29, 1.82) is 0 Å². The Balaban J connectivity index is -0.000000558. The van der Waals surface area contributed by atoms with Gasteiger partial charge in [0, 0.05) is 44.9 Å². The van der Waals surface area contributed by atoms with Crippen LogP contribution in [0.3, 0.4) is 0 Å². The van der Waals surface area contributed by atoms with Crippen molar-refractivity contribution in [2.75, 3.05) is 0 Å². The Labute approximate surface area is 295 Å². The van der Waals surface area contributed by atoms with Crippen LogP contribution in [-0.4, -0.2) is 67.8 Å². The van der Waals surface area contributed by atoms with E-state index in [1.807, 2.05) is 0 Å². The van der Waals surface area contributed by atoms with E-state index < -0.39 is 31.3 Å². The van der Waals surface area contributed by atoms with Crippen LogP contribution < -0.4 is 0 Å². The summed E-state index contributed by atoms with van der Waals surface area (Å²) < 4.78 is 118. The van der Waals surface area contributed by atoms with Gasteiger partial charge >= 0.3 is 30.5 Å². The molecule has 4 aromatic heterocycles. The maximum absolute atomic E-state index is 10.7. The second-order valence-corrected chi connectivity index (χ2v) is 11.7. The van der Waals surface area contributed by atoms with Gasteiger partial charge in [-0.25, -0.2) is 16.8 Å². The number of nitrogens with zero attached hydrogens (tertiary/aromatic N) is 4. The van der Waals surface area contributed by atoms with Gasteiger partial charge in [0.15, 0.2) is 20.2 Å². The molecule has 0 aliphatic carbocycles. The van der Waals surface area contributed by atoms with Gasteiger partial charge in [0.25, 0.3) is 0 Å². The largest absolute Gasteiger partial charge is 2.00 e. The van der Waals surface area contributed by atoms with E-state index in [-0.39, 0.29) is 30.4 Å². The number of pyridine rings is 4. The molecule has 4 rings (SSSR count). The molecule has 0 saturated carbocycles. The molecule has 0 aliphatic rings. The maximum atomic E-state index is 10.7. The predicted octanol–water partition coefficient (Wildman–Crippen LogP) is 5.35. The molecule has 47 heavy (non-hydrogen) atoms. The molecule has 0 aliphatic heterocycles. The fourth-order valence-corrected chi connectivity index (χ4v) is 2.82. The van der Waals surface area contributed by atoms with Crippen LogP contribution in [0.25, 0.3) is 22.8 Å². The van der Waals surface area contributed by atoms with E-state index in [0.717, 1.165) is 22.8 Å². The topological polar surface area (TPSA) is 229 Å². The predicted molar refractivity (Wildman–Crippen MR) is 154 cm³/mol. The first-order chi connectivity index (χ1) is 20.0. The monoisotopic (exact) mass is 884 g/mol. The first-order valence-electron chi connectivity index (χ1n) is 10.5. The second-order valence-electron chi connectivity index (χ2n) is 7.24. The summed E-state index contributed by atoms with van der Waals surface area (Å²) in [4.78, 5) is 16.6. The fourth-order valence-electron chi connectivity index (χ4n) is 2.18. The van der Waals surface area contributed by atoms with Crippen molar-refractivity contribution in [1.82, 2.24) is 19.9 Å². The van der Waals surface area contributed by atoms with Crippen molar-refractivity contribution in [3.8, 4) is 22.8 Å². The Bertz CT molecular complexity index is 1560. The van der Waals surface area contributed by atoms with Crippen LogP contribution in [0.15, 0.2) is 73.3 Å². The van der Waals surface area contributed by atoms with Crippen molar-refractivity contribution >= 4 is 66.6 Å². The number of rotatable bonds is 2. The first-order valence-corrected chi connectivity index (χ1v) is 14.9. The third-order valence-corrected chi connectivity index (χ3v) is 6.05. The van der Waals surface area contributed by atoms with Gasteiger partial charge in [-0.05, 0) is 48.5 Å². The van der Waals surface area contributed by atoms with Crippen LogP contribution in [0.5, 0.6) is 0 Å². The summed E-state index contributed by atoms with van der Waals surface area (Å²) >= 11 is 23.3. The van der Waals surface area contributed by atoms with E-state index in [1.54, 1.807) is 73.3 Å². The summed E-state index contributed by atoms with van der Waals surface area (Å²) in [5.41, 5.74) is -8.40. The molecule has 262 valence electrons. The SMILES string of the molecule is Clc1ccnc(-c2cc(Cl)ccn2)c1.Clc1ccnc(-c2cc(Cl)ccn2)c1.O.O.O=S(=O)([O-])C(F)(F)F.O=S(=O)([O-])C(F)(F)F.[Ru+2]. The molecule has 0 amide bonds. The Morgan fingerprint density at radius 3 is 0.745 bits per heavy atom. The minimum Gasteiger partial charge on any atom is -0.741 e. The number of halogens is 10. The molecular weight excluding hydrogens is 869 g/mol.